The minimum Gasteiger partial charge on any atom is -0.376 e. The SMILES string of the molecule is Cc1nc2cc(C(=O)N(CCN(C)C)CC3CCCO3)ccc2n1C. The number of rotatable bonds is 6. The zero-order chi connectivity index (χ0) is 18.0. The Balaban J connectivity index is 1.82. The van der Waals surface area contributed by atoms with Gasteiger partial charge in [0.15, 0.2) is 0 Å². The molecule has 0 aliphatic carbocycles. The molecule has 0 saturated carbocycles. The van der Waals surface area contributed by atoms with Gasteiger partial charge < -0.3 is 19.1 Å². The van der Waals surface area contributed by atoms with Gasteiger partial charge in [-0.15, -0.1) is 0 Å². The predicted octanol–water partition coefficient (Wildman–Crippen LogP) is 2.06. The van der Waals surface area contributed by atoms with Crippen LogP contribution in [0.4, 0.5) is 0 Å². The van der Waals surface area contributed by atoms with E-state index in [2.05, 4.69) is 9.88 Å². The molecule has 6 heteroatoms. The average molecular weight is 344 g/mol. The molecular formula is C19H28N4O2. The van der Waals surface area contributed by atoms with Gasteiger partial charge in [0.1, 0.15) is 5.82 Å². The smallest absolute Gasteiger partial charge is 0.254 e. The van der Waals surface area contributed by atoms with E-state index in [1.807, 2.05) is 55.7 Å². The van der Waals surface area contributed by atoms with Gasteiger partial charge in [0, 0.05) is 38.9 Å². The topological polar surface area (TPSA) is 50.6 Å². The molecule has 1 aliphatic heterocycles. The summed E-state index contributed by atoms with van der Waals surface area (Å²) in [5, 5.41) is 0. The first-order valence-corrected chi connectivity index (χ1v) is 8.94. The molecule has 1 fully saturated rings. The first-order valence-electron chi connectivity index (χ1n) is 8.94. The summed E-state index contributed by atoms with van der Waals surface area (Å²) in [4.78, 5) is 21.7. The number of fused-ring (bicyclic) bond motifs is 1. The lowest BCUT2D eigenvalue weighted by atomic mass is 10.1. The van der Waals surface area contributed by atoms with Crippen molar-refractivity contribution in [2.75, 3.05) is 40.3 Å². The van der Waals surface area contributed by atoms with Gasteiger partial charge in [-0.25, -0.2) is 4.98 Å². The molecule has 1 atom stereocenters. The van der Waals surface area contributed by atoms with Crippen molar-refractivity contribution < 1.29 is 9.53 Å². The van der Waals surface area contributed by atoms with Crippen LogP contribution in [-0.2, 0) is 11.8 Å². The fourth-order valence-electron chi connectivity index (χ4n) is 3.27. The Morgan fingerprint density at radius 1 is 1.36 bits per heavy atom. The monoisotopic (exact) mass is 344 g/mol. The van der Waals surface area contributed by atoms with Gasteiger partial charge >= 0.3 is 0 Å². The largest absolute Gasteiger partial charge is 0.376 e. The molecule has 1 aliphatic rings. The molecule has 2 heterocycles. The quantitative estimate of drug-likeness (QED) is 0.805. The number of hydrogen-bond acceptors (Lipinski definition) is 4. The molecule has 136 valence electrons. The van der Waals surface area contributed by atoms with E-state index in [9.17, 15) is 4.79 Å². The molecule has 2 aromatic rings. The van der Waals surface area contributed by atoms with Crippen LogP contribution < -0.4 is 0 Å². The summed E-state index contributed by atoms with van der Waals surface area (Å²) in [6.07, 6.45) is 2.27. The lowest BCUT2D eigenvalue weighted by Crippen LogP contribution is -2.41. The van der Waals surface area contributed by atoms with Crippen molar-refractivity contribution in [3.63, 3.8) is 0 Å². The number of amides is 1. The number of aryl methyl sites for hydroxylation is 2. The third-order valence-corrected chi connectivity index (χ3v) is 4.90. The minimum atomic E-state index is 0.0579. The summed E-state index contributed by atoms with van der Waals surface area (Å²) in [6.45, 7) is 4.97. The number of benzene rings is 1. The van der Waals surface area contributed by atoms with Crippen LogP contribution in [0.15, 0.2) is 18.2 Å². The van der Waals surface area contributed by atoms with Crippen molar-refractivity contribution in [1.82, 2.24) is 19.4 Å². The molecule has 3 rings (SSSR count). The Morgan fingerprint density at radius 2 is 2.16 bits per heavy atom. The summed E-state index contributed by atoms with van der Waals surface area (Å²) < 4.78 is 7.78. The van der Waals surface area contributed by atoms with E-state index >= 15 is 0 Å². The summed E-state index contributed by atoms with van der Waals surface area (Å²) in [5.74, 6) is 1.01. The highest BCUT2D eigenvalue weighted by Crippen LogP contribution is 2.19. The summed E-state index contributed by atoms with van der Waals surface area (Å²) in [6, 6.07) is 5.80. The van der Waals surface area contributed by atoms with E-state index in [1.54, 1.807) is 0 Å². The fraction of sp³-hybridized carbons (Fsp3) is 0.579. The second-order valence-electron chi connectivity index (χ2n) is 7.11. The maximum absolute atomic E-state index is 13.1. The maximum Gasteiger partial charge on any atom is 0.254 e. The lowest BCUT2D eigenvalue weighted by molar-refractivity contribution is 0.0512. The van der Waals surface area contributed by atoms with E-state index in [1.165, 1.54) is 0 Å². The van der Waals surface area contributed by atoms with Gasteiger partial charge in [0.25, 0.3) is 5.91 Å². The number of carbonyl (C=O) groups excluding carboxylic acids is 1. The van der Waals surface area contributed by atoms with Crippen LogP contribution in [0.3, 0.4) is 0 Å². The van der Waals surface area contributed by atoms with Crippen molar-refractivity contribution >= 4 is 16.9 Å². The van der Waals surface area contributed by atoms with E-state index in [0.717, 1.165) is 42.9 Å². The van der Waals surface area contributed by atoms with Crippen molar-refractivity contribution in [3.05, 3.63) is 29.6 Å². The maximum atomic E-state index is 13.1. The van der Waals surface area contributed by atoms with Gasteiger partial charge in [-0.05, 0) is 52.1 Å². The number of nitrogens with zero attached hydrogens (tertiary/aromatic N) is 4. The van der Waals surface area contributed by atoms with Gasteiger partial charge in [-0.2, -0.15) is 0 Å². The number of imidazole rings is 1. The van der Waals surface area contributed by atoms with Crippen LogP contribution in [-0.4, -0.2) is 71.7 Å². The molecule has 6 nitrogen and oxygen atoms in total. The van der Waals surface area contributed by atoms with Gasteiger partial charge in [0.2, 0.25) is 0 Å². The fourth-order valence-corrected chi connectivity index (χ4v) is 3.27. The van der Waals surface area contributed by atoms with E-state index in [-0.39, 0.29) is 12.0 Å². The van der Waals surface area contributed by atoms with Crippen molar-refractivity contribution in [3.8, 4) is 0 Å². The molecule has 1 aromatic carbocycles. The lowest BCUT2D eigenvalue weighted by Gasteiger charge is -2.27. The molecule has 1 aromatic heterocycles. The molecule has 0 radical (unpaired) electrons. The Labute approximate surface area is 149 Å². The van der Waals surface area contributed by atoms with Crippen molar-refractivity contribution in [2.45, 2.75) is 25.9 Å². The third-order valence-electron chi connectivity index (χ3n) is 4.90. The summed E-state index contributed by atoms with van der Waals surface area (Å²) in [5.41, 5.74) is 2.62. The number of ether oxygens (including phenoxy) is 1. The molecule has 1 saturated heterocycles. The highest BCUT2D eigenvalue weighted by atomic mass is 16.5. The van der Waals surface area contributed by atoms with E-state index in [0.29, 0.717) is 18.7 Å². The van der Waals surface area contributed by atoms with Crippen LogP contribution in [0.2, 0.25) is 0 Å². The van der Waals surface area contributed by atoms with E-state index in [4.69, 9.17) is 4.74 Å². The first kappa shape index (κ1) is 17.9. The Hall–Kier alpha value is -1.92. The Bertz CT molecular complexity index is 747. The van der Waals surface area contributed by atoms with Crippen molar-refractivity contribution in [2.24, 2.45) is 7.05 Å². The number of carbonyl (C=O) groups is 1. The van der Waals surface area contributed by atoms with Gasteiger partial charge in [-0.3, -0.25) is 4.79 Å². The molecule has 0 bridgehead atoms. The molecule has 1 unspecified atom stereocenters. The predicted molar refractivity (Wildman–Crippen MR) is 98.9 cm³/mol. The first-order chi connectivity index (χ1) is 12.0. The second kappa shape index (κ2) is 7.54. The molecule has 25 heavy (non-hydrogen) atoms. The normalized spacial score (nSPS) is 17.6. The summed E-state index contributed by atoms with van der Waals surface area (Å²) >= 11 is 0. The minimum absolute atomic E-state index is 0.0579. The molecule has 0 spiro atoms. The van der Waals surface area contributed by atoms with Gasteiger partial charge in [0.05, 0.1) is 17.1 Å². The van der Waals surface area contributed by atoms with Gasteiger partial charge in [-0.1, -0.05) is 0 Å². The zero-order valence-corrected chi connectivity index (χ0v) is 15.7. The van der Waals surface area contributed by atoms with Crippen LogP contribution in [0.25, 0.3) is 11.0 Å². The highest BCUT2D eigenvalue weighted by molar-refractivity contribution is 5.97. The molecule has 1 amide bonds. The van der Waals surface area contributed by atoms with Crippen LogP contribution in [0.1, 0.15) is 29.0 Å². The summed E-state index contributed by atoms with van der Waals surface area (Å²) in [7, 11) is 6.04. The second-order valence-corrected chi connectivity index (χ2v) is 7.11. The molecule has 0 N–H and O–H groups in total. The van der Waals surface area contributed by atoms with Crippen LogP contribution >= 0.6 is 0 Å². The van der Waals surface area contributed by atoms with Crippen molar-refractivity contribution in [1.29, 1.82) is 0 Å². The number of likely N-dealkylation sites (N-methyl/N-ethyl adjacent to an activating group) is 1. The Kier molecular flexibility index (Phi) is 5.39. The number of aromatic nitrogens is 2. The standard InChI is InChI=1S/C19H28N4O2/c1-14-20-17-12-15(7-8-18(17)22(14)4)19(24)23(10-9-21(2)3)13-16-6-5-11-25-16/h7-8,12,16H,5-6,9-11,13H2,1-4H3. The van der Waals surface area contributed by atoms with Crippen LogP contribution in [0.5, 0.6) is 0 Å². The molecular weight excluding hydrogens is 316 g/mol. The highest BCUT2D eigenvalue weighted by Gasteiger charge is 2.24. The average Bonchev–Trinajstić information content (AvgIpc) is 3.19. The Morgan fingerprint density at radius 3 is 2.84 bits per heavy atom. The number of hydrogen-bond donors (Lipinski definition) is 0. The third kappa shape index (κ3) is 4.02. The van der Waals surface area contributed by atoms with E-state index < -0.39 is 0 Å². The zero-order valence-electron chi connectivity index (χ0n) is 15.7. The van der Waals surface area contributed by atoms with Crippen LogP contribution in [0, 0.1) is 6.92 Å².